The smallest absolute Gasteiger partial charge is 0.0133 e. The van der Waals surface area contributed by atoms with Crippen LogP contribution >= 0.6 is 0 Å². The van der Waals surface area contributed by atoms with E-state index in [1.807, 2.05) is 53.7 Å². The van der Waals surface area contributed by atoms with E-state index in [0.717, 1.165) is 82.9 Å². The summed E-state index contributed by atoms with van der Waals surface area (Å²) in [6.45, 7) is 16.9. The highest BCUT2D eigenvalue weighted by Gasteiger charge is 2.59. The van der Waals surface area contributed by atoms with Gasteiger partial charge in [-0.05, 0) is 142 Å². The summed E-state index contributed by atoms with van der Waals surface area (Å²) in [5, 5.41) is 0. The molecule has 9 aliphatic carbocycles. The number of fused-ring (bicyclic) bond motifs is 16. The van der Waals surface area contributed by atoms with Crippen LogP contribution in [0, 0.1) is 82.9 Å². The Morgan fingerprint density at radius 3 is 1.69 bits per heavy atom. The highest BCUT2D eigenvalue weighted by Crippen LogP contribution is 2.66. The first-order valence-corrected chi connectivity index (χ1v) is 17.4. The molecular formula is C39H62. The van der Waals surface area contributed by atoms with E-state index in [-0.39, 0.29) is 0 Å². The number of hydrogen-bond donors (Lipinski definition) is 0. The lowest BCUT2D eigenvalue weighted by molar-refractivity contribution is 0.160. The van der Waals surface area contributed by atoms with Crippen molar-refractivity contribution in [2.45, 2.75) is 100 Å². The van der Waals surface area contributed by atoms with Crippen LogP contribution < -0.4 is 0 Å². The molecule has 14 atom stereocenters. The Balaban J connectivity index is 0.000000123. The van der Waals surface area contributed by atoms with Crippen LogP contribution in [-0.2, 0) is 0 Å². The first-order valence-electron chi connectivity index (χ1n) is 17.4. The van der Waals surface area contributed by atoms with Crippen LogP contribution in [0.3, 0.4) is 0 Å². The van der Waals surface area contributed by atoms with E-state index in [4.69, 9.17) is 0 Å². The lowest BCUT2D eigenvalue weighted by atomic mass is 9.70. The highest BCUT2D eigenvalue weighted by atomic mass is 14.6. The molecule has 9 rings (SSSR count). The Morgan fingerprint density at radius 2 is 1.13 bits per heavy atom. The van der Waals surface area contributed by atoms with Crippen molar-refractivity contribution in [2.24, 2.45) is 82.9 Å². The molecule has 0 nitrogen and oxygen atoms in total. The molecule has 0 saturated heterocycles. The maximum atomic E-state index is 2.54. The summed E-state index contributed by atoms with van der Waals surface area (Å²) in [4.78, 5) is 0. The van der Waals surface area contributed by atoms with Gasteiger partial charge in [-0.2, -0.15) is 0 Å². The summed E-state index contributed by atoms with van der Waals surface area (Å²) in [7, 11) is 0. The lowest BCUT2D eigenvalue weighted by Gasteiger charge is -2.35. The minimum absolute atomic E-state index is 0.925. The molecule has 0 heteroatoms. The van der Waals surface area contributed by atoms with Gasteiger partial charge in [-0.1, -0.05) is 102 Å². The molecule has 218 valence electrons. The number of allylic oxidation sites excluding steroid dienone is 10. The monoisotopic (exact) mass is 530 g/mol. The van der Waals surface area contributed by atoms with Crippen LogP contribution in [-0.4, -0.2) is 0 Å². The maximum absolute atomic E-state index is 2.54. The van der Waals surface area contributed by atoms with Crippen LogP contribution in [0.15, 0.2) is 60.8 Å². The van der Waals surface area contributed by atoms with Crippen LogP contribution in [0.4, 0.5) is 0 Å². The molecule has 9 aliphatic rings. The molecule has 5 saturated carbocycles. The van der Waals surface area contributed by atoms with Crippen molar-refractivity contribution < 1.29 is 0 Å². The fourth-order valence-corrected chi connectivity index (χ4v) is 10.4. The number of hydrogen-bond acceptors (Lipinski definition) is 0. The van der Waals surface area contributed by atoms with Gasteiger partial charge in [0.05, 0.1) is 0 Å². The van der Waals surface area contributed by atoms with Crippen molar-refractivity contribution >= 4 is 0 Å². The van der Waals surface area contributed by atoms with E-state index < -0.39 is 0 Å². The molecule has 0 amide bonds. The standard InChI is InChI=1S/C13H18.C10H12.C8H12.C4H8.2C2H6/c1-7-4-10-6-11(7)13-9-3-2-8(5-9)12(10)13;1-2-9-7-4-5-8(6-7)10(9)3-1;1-6-4-7-2-3-8(6)5-7;1-3-4-2;2*1-2/h2-3,7-13H,4-6H2,1H3;1-2,4-5,7-10H,3,6H2;2-3,6-8H,4-5H2,1H3;3-4H,1-2H3;2*1-2H3/b;;;4-3+;;. The first kappa shape index (κ1) is 30.7. The average molecular weight is 531 g/mol. The average Bonchev–Trinajstić information content (AvgIpc) is 3.82. The third kappa shape index (κ3) is 6.16. The zero-order chi connectivity index (χ0) is 28.1. The second kappa shape index (κ2) is 14.0. The predicted molar refractivity (Wildman–Crippen MR) is 172 cm³/mol. The Kier molecular flexibility index (Phi) is 11.0. The molecule has 14 unspecified atom stereocenters. The van der Waals surface area contributed by atoms with Crippen molar-refractivity contribution in [1.29, 1.82) is 0 Å². The van der Waals surface area contributed by atoms with Gasteiger partial charge < -0.3 is 0 Å². The normalized spacial score (nSPS) is 47.8. The molecular weight excluding hydrogens is 468 g/mol. The SMILES string of the molecule is C/C=C/C.C1=CC2C3C=CC(C3)C2C1.CC.CC.CC1CC2C=CC1C2.CC1CC2CC1C1C3C=CC(C3)C21. The van der Waals surface area contributed by atoms with Crippen molar-refractivity contribution in [1.82, 2.24) is 0 Å². The van der Waals surface area contributed by atoms with Crippen LogP contribution in [0.1, 0.15) is 100 Å². The van der Waals surface area contributed by atoms with Gasteiger partial charge in [-0.15, -0.1) is 0 Å². The Morgan fingerprint density at radius 1 is 0.513 bits per heavy atom. The van der Waals surface area contributed by atoms with Gasteiger partial charge in [-0.3, -0.25) is 0 Å². The second-order valence-electron chi connectivity index (χ2n) is 13.8. The van der Waals surface area contributed by atoms with Crippen molar-refractivity contribution in [3.05, 3.63) is 60.8 Å². The van der Waals surface area contributed by atoms with Crippen molar-refractivity contribution in [3.8, 4) is 0 Å². The van der Waals surface area contributed by atoms with Crippen molar-refractivity contribution in [3.63, 3.8) is 0 Å². The fourth-order valence-electron chi connectivity index (χ4n) is 10.4. The minimum Gasteiger partial charge on any atom is -0.0919 e. The van der Waals surface area contributed by atoms with Gasteiger partial charge in [0.1, 0.15) is 0 Å². The van der Waals surface area contributed by atoms with E-state index in [0.29, 0.717) is 0 Å². The van der Waals surface area contributed by atoms with E-state index in [1.54, 1.807) is 12.8 Å². The Labute approximate surface area is 243 Å². The topological polar surface area (TPSA) is 0 Å². The molecule has 0 heterocycles. The molecule has 0 N–H and O–H groups in total. The van der Waals surface area contributed by atoms with E-state index in [1.165, 1.54) is 32.1 Å². The Hall–Kier alpha value is -1.30. The molecule has 0 spiro atoms. The third-order valence-electron chi connectivity index (χ3n) is 12.0. The Bertz CT molecular complexity index is 895. The van der Waals surface area contributed by atoms with Gasteiger partial charge in [0.25, 0.3) is 0 Å². The molecule has 0 radical (unpaired) electrons. The number of rotatable bonds is 0. The molecule has 5 fully saturated rings. The van der Waals surface area contributed by atoms with E-state index in [9.17, 15) is 0 Å². The summed E-state index contributed by atoms with van der Waals surface area (Å²) >= 11 is 0. The summed E-state index contributed by atoms with van der Waals surface area (Å²) in [5.74, 6) is 14.3. The minimum atomic E-state index is 0.925. The molecule has 39 heavy (non-hydrogen) atoms. The maximum Gasteiger partial charge on any atom is -0.0133 e. The van der Waals surface area contributed by atoms with Crippen molar-refractivity contribution in [2.75, 3.05) is 0 Å². The molecule has 0 aromatic carbocycles. The zero-order valence-corrected chi connectivity index (χ0v) is 26.8. The zero-order valence-electron chi connectivity index (χ0n) is 26.8. The van der Waals surface area contributed by atoms with E-state index >= 15 is 0 Å². The predicted octanol–water partition coefficient (Wildman–Crippen LogP) is 11.3. The van der Waals surface area contributed by atoms with Crippen LogP contribution in [0.25, 0.3) is 0 Å². The van der Waals surface area contributed by atoms with Gasteiger partial charge >= 0.3 is 0 Å². The summed E-state index contributed by atoms with van der Waals surface area (Å²) in [6, 6.07) is 0. The fraction of sp³-hybridized carbons (Fsp3) is 0.744. The van der Waals surface area contributed by atoms with Crippen LogP contribution in [0.5, 0.6) is 0 Å². The summed E-state index contributed by atoms with van der Waals surface area (Å²) in [6.07, 6.45) is 34.0. The van der Waals surface area contributed by atoms with Crippen LogP contribution in [0.2, 0.25) is 0 Å². The van der Waals surface area contributed by atoms with Gasteiger partial charge in [0, 0.05) is 0 Å². The second-order valence-corrected chi connectivity index (χ2v) is 13.8. The largest absolute Gasteiger partial charge is 0.0919 e. The highest BCUT2D eigenvalue weighted by molar-refractivity contribution is 5.22. The molecule has 8 bridgehead atoms. The third-order valence-corrected chi connectivity index (χ3v) is 12.0. The van der Waals surface area contributed by atoms with E-state index in [2.05, 4.69) is 62.5 Å². The molecule has 0 aromatic rings. The quantitative estimate of drug-likeness (QED) is 0.216. The van der Waals surface area contributed by atoms with Gasteiger partial charge in [0.2, 0.25) is 0 Å². The summed E-state index contributed by atoms with van der Waals surface area (Å²) in [5.41, 5.74) is 0. The molecule has 0 aromatic heterocycles. The van der Waals surface area contributed by atoms with Gasteiger partial charge in [-0.25, -0.2) is 0 Å². The molecule has 0 aliphatic heterocycles. The van der Waals surface area contributed by atoms with Gasteiger partial charge in [0.15, 0.2) is 0 Å². The first-order chi connectivity index (χ1) is 19.1. The summed E-state index contributed by atoms with van der Waals surface area (Å²) < 4.78 is 0. The lowest BCUT2D eigenvalue weighted by Crippen LogP contribution is -2.29.